The van der Waals surface area contributed by atoms with Crippen LogP contribution in [-0.4, -0.2) is 51.9 Å². The summed E-state index contributed by atoms with van der Waals surface area (Å²) in [6, 6.07) is 12.1. The van der Waals surface area contributed by atoms with Crippen LogP contribution in [0.5, 0.6) is 0 Å². The number of nitrogens with zero attached hydrogens (tertiary/aromatic N) is 5. The number of amides is 1. The zero-order chi connectivity index (χ0) is 21.6. The Morgan fingerprint density at radius 1 is 1.10 bits per heavy atom. The van der Waals surface area contributed by atoms with Crippen LogP contribution < -0.4 is 5.73 Å². The van der Waals surface area contributed by atoms with Gasteiger partial charge in [-0.3, -0.25) is 14.7 Å². The van der Waals surface area contributed by atoms with Crippen molar-refractivity contribution in [3.8, 4) is 6.07 Å². The van der Waals surface area contributed by atoms with E-state index in [1.165, 1.54) is 5.56 Å². The van der Waals surface area contributed by atoms with E-state index >= 15 is 0 Å². The summed E-state index contributed by atoms with van der Waals surface area (Å²) in [6.45, 7) is 4.18. The molecule has 0 aliphatic carbocycles. The zero-order valence-electron chi connectivity index (χ0n) is 17.9. The number of carbonyl (C=O) groups is 1. The minimum absolute atomic E-state index is 0.109. The second-order valence-electron chi connectivity index (χ2n) is 8.66. The van der Waals surface area contributed by atoms with Gasteiger partial charge in [0.25, 0.3) is 0 Å². The van der Waals surface area contributed by atoms with Crippen LogP contribution >= 0.6 is 0 Å². The number of hydrogen-bond donors (Lipinski definition) is 1. The van der Waals surface area contributed by atoms with Gasteiger partial charge in [-0.05, 0) is 74.5 Å². The summed E-state index contributed by atoms with van der Waals surface area (Å²) in [6.07, 6.45) is 7.01. The van der Waals surface area contributed by atoms with Crippen LogP contribution in [0.15, 0.2) is 42.7 Å². The molecule has 4 heterocycles. The van der Waals surface area contributed by atoms with Crippen molar-refractivity contribution in [2.24, 2.45) is 11.8 Å². The second kappa shape index (κ2) is 9.88. The third-order valence-electron chi connectivity index (χ3n) is 6.66. The number of nitriles is 1. The van der Waals surface area contributed by atoms with Crippen molar-refractivity contribution in [2.75, 3.05) is 31.9 Å². The smallest absolute Gasteiger partial charge is 0.225 e. The lowest BCUT2D eigenvalue weighted by Gasteiger charge is -2.38. The van der Waals surface area contributed by atoms with E-state index in [2.05, 4.69) is 20.9 Å². The van der Waals surface area contributed by atoms with Gasteiger partial charge >= 0.3 is 0 Å². The van der Waals surface area contributed by atoms with E-state index in [0.717, 1.165) is 64.1 Å². The normalized spacial score (nSPS) is 19.6. The molecule has 31 heavy (non-hydrogen) atoms. The molecule has 1 unspecified atom stereocenters. The Balaban J connectivity index is 1.25. The molecule has 2 saturated heterocycles. The minimum atomic E-state index is -0.191. The molecule has 2 aromatic heterocycles. The molecule has 1 amide bonds. The van der Waals surface area contributed by atoms with Crippen LogP contribution in [0, 0.1) is 23.2 Å². The minimum Gasteiger partial charge on any atom is -0.384 e. The summed E-state index contributed by atoms with van der Waals surface area (Å²) in [5.74, 6) is 1.02. The van der Waals surface area contributed by atoms with Gasteiger partial charge in [0.05, 0.1) is 17.7 Å². The molecule has 2 aliphatic rings. The molecule has 0 bridgehead atoms. The van der Waals surface area contributed by atoms with Gasteiger partial charge < -0.3 is 10.6 Å². The Hall–Kier alpha value is -2.98. The molecule has 7 heteroatoms. The molecule has 2 aromatic rings. The lowest BCUT2D eigenvalue weighted by Crippen LogP contribution is -2.45. The van der Waals surface area contributed by atoms with E-state index in [1.807, 2.05) is 35.2 Å². The second-order valence-corrected chi connectivity index (χ2v) is 8.66. The molecule has 2 N–H and O–H groups in total. The van der Waals surface area contributed by atoms with Crippen molar-refractivity contribution in [3.05, 3.63) is 54.0 Å². The summed E-state index contributed by atoms with van der Waals surface area (Å²) in [5.41, 5.74) is 7.79. The van der Waals surface area contributed by atoms with Crippen LogP contribution in [0.25, 0.3) is 0 Å². The highest BCUT2D eigenvalue weighted by atomic mass is 16.2. The number of likely N-dealkylation sites (tertiary alicyclic amines) is 2. The number of hydrogen-bond acceptors (Lipinski definition) is 6. The fraction of sp³-hybridized carbons (Fsp3) is 0.500. The van der Waals surface area contributed by atoms with E-state index in [9.17, 15) is 10.1 Å². The third-order valence-corrected chi connectivity index (χ3v) is 6.66. The van der Waals surface area contributed by atoms with Gasteiger partial charge in [-0.25, -0.2) is 4.98 Å². The van der Waals surface area contributed by atoms with E-state index in [0.29, 0.717) is 5.82 Å². The Kier molecular flexibility index (Phi) is 6.78. The average Bonchev–Trinajstić information content (AvgIpc) is 2.81. The number of carbonyl (C=O) groups excluding carboxylic acids is 1. The van der Waals surface area contributed by atoms with Crippen LogP contribution in [0.3, 0.4) is 0 Å². The van der Waals surface area contributed by atoms with Crippen molar-refractivity contribution < 1.29 is 4.79 Å². The van der Waals surface area contributed by atoms with E-state index in [4.69, 9.17) is 5.73 Å². The molecule has 1 atom stereocenters. The van der Waals surface area contributed by atoms with Gasteiger partial charge in [-0.1, -0.05) is 6.07 Å². The van der Waals surface area contributed by atoms with Crippen molar-refractivity contribution in [3.63, 3.8) is 0 Å². The zero-order valence-corrected chi connectivity index (χ0v) is 17.9. The Bertz CT molecular complexity index is 911. The lowest BCUT2D eigenvalue weighted by molar-refractivity contribution is -0.138. The van der Waals surface area contributed by atoms with E-state index in [-0.39, 0.29) is 23.7 Å². The van der Waals surface area contributed by atoms with Crippen molar-refractivity contribution in [1.29, 1.82) is 5.26 Å². The van der Waals surface area contributed by atoms with E-state index < -0.39 is 0 Å². The molecule has 0 saturated carbocycles. The molecule has 4 rings (SSSR count). The largest absolute Gasteiger partial charge is 0.384 e. The standard InChI is InChI=1S/C24H30N6O/c25-16-21(22-3-1-2-9-27-22)19-7-13-30(14-8-19)24(31)20-5-11-29(12-6-20)17-18-4-10-28-23(26)15-18/h1-4,9-10,15,19-21H,5-8,11-14,17H2,(H2,26,28). The topological polar surface area (TPSA) is 99.1 Å². The van der Waals surface area contributed by atoms with Crippen molar-refractivity contribution in [2.45, 2.75) is 38.1 Å². The average molecular weight is 419 g/mol. The number of aromatic nitrogens is 2. The first-order valence-corrected chi connectivity index (χ1v) is 11.2. The number of pyridine rings is 2. The molecule has 7 nitrogen and oxygen atoms in total. The van der Waals surface area contributed by atoms with E-state index in [1.54, 1.807) is 12.4 Å². The van der Waals surface area contributed by atoms with Crippen LogP contribution in [0.2, 0.25) is 0 Å². The molecule has 0 spiro atoms. The van der Waals surface area contributed by atoms with Crippen LogP contribution in [0.1, 0.15) is 42.9 Å². The first-order chi connectivity index (χ1) is 15.1. The summed E-state index contributed by atoms with van der Waals surface area (Å²) in [5, 5.41) is 9.67. The number of nitrogens with two attached hydrogens (primary N) is 1. The molecular weight excluding hydrogens is 388 g/mol. The molecule has 162 valence electrons. The molecule has 0 aromatic carbocycles. The molecule has 0 radical (unpaired) electrons. The fourth-order valence-electron chi connectivity index (χ4n) is 4.87. The Morgan fingerprint density at radius 3 is 2.52 bits per heavy atom. The summed E-state index contributed by atoms with van der Waals surface area (Å²) >= 11 is 0. The predicted octanol–water partition coefficient (Wildman–Crippen LogP) is 2.82. The van der Waals surface area contributed by atoms with Gasteiger partial charge in [-0.15, -0.1) is 0 Å². The maximum absolute atomic E-state index is 13.1. The monoisotopic (exact) mass is 418 g/mol. The lowest BCUT2D eigenvalue weighted by atomic mass is 9.82. The van der Waals surface area contributed by atoms with Crippen LogP contribution in [-0.2, 0) is 11.3 Å². The molecule has 2 aliphatic heterocycles. The van der Waals surface area contributed by atoms with Gasteiger partial charge in [0.2, 0.25) is 5.91 Å². The maximum atomic E-state index is 13.1. The number of piperidine rings is 2. The Labute approximate surface area is 183 Å². The number of anilines is 1. The molecular formula is C24H30N6O. The maximum Gasteiger partial charge on any atom is 0.225 e. The first-order valence-electron chi connectivity index (χ1n) is 11.2. The number of rotatable bonds is 5. The molecule has 2 fully saturated rings. The SMILES string of the molecule is N#CC(c1ccccn1)C1CCN(C(=O)C2CCN(Cc3ccnc(N)c3)CC2)CC1. The highest BCUT2D eigenvalue weighted by Gasteiger charge is 2.33. The summed E-state index contributed by atoms with van der Waals surface area (Å²) in [4.78, 5) is 25.9. The number of nitrogen functional groups attached to an aromatic ring is 1. The summed E-state index contributed by atoms with van der Waals surface area (Å²) < 4.78 is 0. The van der Waals surface area contributed by atoms with Crippen molar-refractivity contribution in [1.82, 2.24) is 19.8 Å². The van der Waals surface area contributed by atoms with Crippen LogP contribution in [0.4, 0.5) is 5.82 Å². The highest BCUT2D eigenvalue weighted by Crippen LogP contribution is 2.32. The van der Waals surface area contributed by atoms with Crippen molar-refractivity contribution >= 4 is 11.7 Å². The van der Waals surface area contributed by atoms with Gasteiger partial charge in [0, 0.05) is 37.9 Å². The quantitative estimate of drug-likeness (QED) is 0.802. The van der Waals surface area contributed by atoms with Gasteiger partial charge in [0.15, 0.2) is 0 Å². The predicted molar refractivity (Wildman–Crippen MR) is 119 cm³/mol. The van der Waals surface area contributed by atoms with Gasteiger partial charge in [-0.2, -0.15) is 5.26 Å². The fourth-order valence-corrected chi connectivity index (χ4v) is 4.87. The highest BCUT2D eigenvalue weighted by molar-refractivity contribution is 5.79. The summed E-state index contributed by atoms with van der Waals surface area (Å²) in [7, 11) is 0. The Morgan fingerprint density at radius 2 is 1.87 bits per heavy atom. The third kappa shape index (κ3) is 5.20. The van der Waals surface area contributed by atoms with Gasteiger partial charge in [0.1, 0.15) is 5.82 Å². The first kappa shape index (κ1) is 21.3.